The Hall–Kier alpha value is -1.86. The Morgan fingerprint density at radius 3 is 2.94 bits per heavy atom. The second kappa shape index (κ2) is 4.79. The predicted molar refractivity (Wildman–Crippen MR) is 66.8 cm³/mol. The molecule has 0 radical (unpaired) electrons. The fourth-order valence-electron chi connectivity index (χ4n) is 1.94. The molecule has 0 aliphatic heterocycles. The van der Waals surface area contributed by atoms with Crippen LogP contribution in [0.3, 0.4) is 0 Å². The van der Waals surface area contributed by atoms with Crippen molar-refractivity contribution in [3.8, 4) is 6.07 Å². The number of hydrogen-bond acceptors (Lipinski definition) is 3. The average molecular weight is 244 g/mol. The summed E-state index contributed by atoms with van der Waals surface area (Å²) in [7, 11) is 0. The van der Waals surface area contributed by atoms with E-state index in [1.807, 2.05) is 6.07 Å². The number of nitriles is 1. The normalized spacial score (nSPS) is 17.6. The van der Waals surface area contributed by atoms with Crippen LogP contribution in [0.5, 0.6) is 0 Å². The molecular weight excluding hydrogens is 228 g/mol. The molecule has 1 aliphatic rings. The highest BCUT2D eigenvalue weighted by atomic mass is 16.3. The molecule has 1 aliphatic carbocycles. The van der Waals surface area contributed by atoms with E-state index in [9.17, 15) is 9.90 Å². The zero-order valence-electron chi connectivity index (χ0n) is 10.3. The zero-order valence-corrected chi connectivity index (χ0v) is 10.3. The molecule has 18 heavy (non-hydrogen) atoms. The van der Waals surface area contributed by atoms with Crippen molar-refractivity contribution in [2.24, 2.45) is 5.92 Å². The molecule has 0 aromatic heterocycles. The highest BCUT2D eigenvalue weighted by Crippen LogP contribution is 2.38. The second-order valence-electron chi connectivity index (χ2n) is 5.01. The van der Waals surface area contributed by atoms with Gasteiger partial charge in [0.05, 0.1) is 17.2 Å². The van der Waals surface area contributed by atoms with Crippen LogP contribution >= 0.6 is 0 Å². The average Bonchev–Trinajstić information content (AvgIpc) is 3.20. The van der Waals surface area contributed by atoms with E-state index in [1.54, 1.807) is 31.2 Å². The summed E-state index contributed by atoms with van der Waals surface area (Å²) in [6.07, 6.45) is 2.04. The quantitative estimate of drug-likeness (QED) is 0.842. The van der Waals surface area contributed by atoms with Gasteiger partial charge in [-0.3, -0.25) is 4.79 Å². The SMILES string of the molecule is C[C@@](O)(CNC(=O)c1cccc(C#N)c1)C1CC1. The number of aliphatic hydroxyl groups is 1. The fraction of sp³-hybridized carbons (Fsp3) is 0.429. The minimum absolute atomic E-state index is 0.243. The number of carbonyl (C=O) groups is 1. The van der Waals surface area contributed by atoms with Gasteiger partial charge in [-0.15, -0.1) is 0 Å². The number of rotatable bonds is 4. The van der Waals surface area contributed by atoms with Crippen molar-refractivity contribution in [3.05, 3.63) is 35.4 Å². The molecule has 0 spiro atoms. The van der Waals surface area contributed by atoms with Gasteiger partial charge in [-0.2, -0.15) is 5.26 Å². The molecule has 1 saturated carbocycles. The van der Waals surface area contributed by atoms with E-state index >= 15 is 0 Å². The van der Waals surface area contributed by atoms with Crippen LogP contribution in [0.4, 0.5) is 0 Å². The molecule has 1 amide bonds. The van der Waals surface area contributed by atoms with Crippen LogP contribution in [0, 0.1) is 17.2 Å². The van der Waals surface area contributed by atoms with E-state index in [2.05, 4.69) is 5.32 Å². The van der Waals surface area contributed by atoms with E-state index in [1.165, 1.54) is 0 Å². The van der Waals surface area contributed by atoms with Gasteiger partial charge in [-0.05, 0) is 43.9 Å². The van der Waals surface area contributed by atoms with Crippen molar-refractivity contribution in [2.75, 3.05) is 6.54 Å². The minimum atomic E-state index is -0.831. The molecule has 1 aromatic carbocycles. The number of nitrogens with one attached hydrogen (secondary N) is 1. The molecule has 4 heteroatoms. The third-order valence-electron chi connectivity index (χ3n) is 3.32. The molecule has 1 atom stereocenters. The lowest BCUT2D eigenvalue weighted by atomic mass is 10.0. The summed E-state index contributed by atoms with van der Waals surface area (Å²) in [5.41, 5.74) is 0.0694. The molecule has 0 bridgehead atoms. The van der Waals surface area contributed by atoms with Crippen LogP contribution in [0.15, 0.2) is 24.3 Å². The summed E-state index contributed by atoms with van der Waals surface area (Å²) >= 11 is 0. The number of amides is 1. The predicted octanol–water partition coefficient (Wildman–Crippen LogP) is 1.45. The zero-order chi connectivity index (χ0) is 13.2. The van der Waals surface area contributed by atoms with Gasteiger partial charge in [0.2, 0.25) is 0 Å². The molecular formula is C14H16N2O2. The molecule has 2 N–H and O–H groups in total. The van der Waals surface area contributed by atoms with E-state index in [4.69, 9.17) is 5.26 Å². The van der Waals surface area contributed by atoms with Gasteiger partial charge >= 0.3 is 0 Å². The summed E-state index contributed by atoms with van der Waals surface area (Å²) in [4.78, 5) is 11.9. The van der Waals surface area contributed by atoms with Gasteiger partial charge in [0.1, 0.15) is 0 Å². The number of hydrogen-bond donors (Lipinski definition) is 2. The lowest BCUT2D eigenvalue weighted by Gasteiger charge is -2.23. The highest BCUT2D eigenvalue weighted by Gasteiger charge is 2.39. The smallest absolute Gasteiger partial charge is 0.251 e. The Morgan fingerprint density at radius 2 is 2.33 bits per heavy atom. The first-order valence-corrected chi connectivity index (χ1v) is 6.03. The van der Waals surface area contributed by atoms with Crippen molar-refractivity contribution in [1.82, 2.24) is 5.32 Å². The lowest BCUT2D eigenvalue weighted by Crippen LogP contribution is -2.42. The Balaban J connectivity index is 1.97. The van der Waals surface area contributed by atoms with Crippen LogP contribution in [-0.2, 0) is 0 Å². The van der Waals surface area contributed by atoms with Crippen LogP contribution in [0.2, 0.25) is 0 Å². The molecule has 0 heterocycles. The summed E-state index contributed by atoms with van der Waals surface area (Å²) in [6.45, 7) is 1.99. The Labute approximate surface area is 106 Å². The van der Waals surface area contributed by atoms with Gasteiger partial charge in [-0.1, -0.05) is 6.07 Å². The van der Waals surface area contributed by atoms with Crippen molar-refractivity contribution in [1.29, 1.82) is 5.26 Å². The first-order chi connectivity index (χ1) is 8.53. The maximum atomic E-state index is 11.9. The molecule has 94 valence electrons. The van der Waals surface area contributed by atoms with Crippen molar-refractivity contribution in [2.45, 2.75) is 25.4 Å². The van der Waals surface area contributed by atoms with E-state index < -0.39 is 5.60 Å². The standard InChI is InChI=1S/C14H16N2O2/c1-14(18,12-5-6-12)9-16-13(17)11-4-2-3-10(7-11)8-15/h2-4,7,12,18H,5-6,9H2,1H3,(H,16,17)/t14-/m1/s1. The maximum absolute atomic E-state index is 11.9. The summed E-state index contributed by atoms with van der Waals surface area (Å²) < 4.78 is 0. The molecule has 4 nitrogen and oxygen atoms in total. The van der Waals surface area contributed by atoms with Crippen LogP contribution in [-0.4, -0.2) is 23.2 Å². The maximum Gasteiger partial charge on any atom is 0.251 e. The van der Waals surface area contributed by atoms with Crippen LogP contribution in [0.25, 0.3) is 0 Å². The summed E-state index contributed by atoms with van der Waals surface area (Å²) in [5.74, 6) is 0.0382. The van der Waals surface area contributed by atoms with Crippen LogP contribution < -0.4 is 5.32 Å². The molecule has 0 unspecified atom stereocenters. The topological polar surface area (TPSA) is 73.1 Å². The van der Waals surface area contributed by atoms with Gasteiger partial charge in [0, 0.05) is 12.1 Å². The van der Waals surface area contributed by atoms with E-state index in [0.29, 0.717) is 17.0 Å². The first-order valence-electron chi connectivity index (χ1n) is 6.03. The number of nitrogens with zero attached hydrogens (tertiary/aromatic N) is 1. The third kappa shape index (κ3) is 2.88. The third-order valence-corrected chi connectivity index (χ3v) is 3.32. The van der Waals surface area contributed by atoms with Gasteiger partial charge < -0.3 is 10.4 Å². The monoisotopic (exact) mass is 244 g/mol. The Kier molecular flexibility index (Phi) is 3.35. The largest absolute Gasteiger partial charge is 0.388 e. The minimum Gasteiger partial charge on any atom is -0.388 e. The van der Waals surface area contributed by atoms with Crippen LogP contribution in [0.1, 0.15) is 35.7 Å². The van der Waals surface area contributed by atoms with E-state index in [0.717, 1.165) is 12.8 Å². The molecule has 1 fully saturated rings. The first kappa shape index (κ1) is 12.6. The second-order valence-corrected chi connectivity index (χ2v) is 5.01. The van der Waals surface area contributed by atoms with Gasteiger partial charge in [0.25, 0.3) is 5.91 Å². The molecule has 0 saturated heterocycles. The Bertz CT molecular complexity index is 499. The molecule has 1 aromatic rings. The van der Waals surface area contributed by atoms with Gasteiger partial charge in [0.15, 0.2) is 0 Å². The summed E-state index contributed by atoms with van der Waals surface area (Å²) in [5, 5.41) is 21.6. The van der Waals surface area contributed by atoms with Crippen molar-refractivity contribution < 1.29 is 9.90 Å². The lowest BCUT2D eigenvalue weighted by molar-refractivity contribution is 0.0354. The highest BCUT2D eigenvalue weighted by molar-refractivity contribution is 5.94. The van der Waals surface area contributed by atoms with E-state index in [-0.39, 0.29) is 12.5 Å². The fourth-order valence-corrected chi connectivity index (χ4v) is 1.94. The van der Waals surface area contributed by atoms with Crippen molar-refractivity contribution >= 4 is 5.91 Å². The van der Waals surface area contributed by atoms with Gasteiger partial charge in [-0.25, -0.2) is 0 Å². The Morgan fingerprint density at radius 1 is 1.61 bits per heavy atom. The van der Waals surface area contributed by atoms with Crippen molar-refractivity contribution in [3.63, 3.8) is 0 Å². The molecule has 2 rings (SSSR count). The number of benzene rings is 1. The summed E-state index contributed by atoms with van der Waals surface area (Å²) in [6, 6.07) is 8.51. The number of carbonyl (C=O) groups excluding carboxylic acids is 1.